The highest BCUT2D eigenvalue weighted by Gasteiger charge is 2.21. The Labute approximate surface area is 142 Å². The summed E-state index contributed by atoms with van der Waals surface area (Å²) in [6.07, 6.45) is 5.00. The summed E-state index contributed by atoms with van der Waals surface area (Å²) in [5.74, 6) is 1.53. The number of likely N-dealkylation sites (tertiary alicyclic amines) is 1. The monoisotopic (exact) mass is 327 g/mol. The smallest absolute Gasteiger partial charge is 0.258 e. The zero-order valence-corrected chi connectivity index (χ0v) is 14.1. The number of anilines is 2. The lowest BCUT2D eigenvalue weighted by Crippen LogP contribution is -2.26. The van der Waals surface area contributed by atoms with Crippen LogP contribution < -0.4 is 15.4 Å². The van der Waals surface area contributed by atoms with Crippen LogP contribution in [0.2, 0.25) is 0 Å². The molecular formula is C18H25N5O. The molecule has 0 saturated carbocycles. The van der Waals surface area contributed by atoms with E-state index in [2.05, 4.69) is 9.80 Å². The summed E-state index contributed by atoms with van der Waals surface area (Å²) in [5, 5.41) is 0. The quantitative estimate of drug-likeness (QED) is 0.850. The molecule has 0 spiro atoms. The summed E-state index contributed by atoms with van der Waals surface area (Å²) in [6.45, 7) is 6.03. The normalized spacial score (nSPS) is 18.6. The fourth-order valence-electron chi connectivity index (χ4n) is 3.56. The zero-order chi connectivity index (χ0) is 16.4. The van der Waals surface area contributed by atoms with Gasteiger partial charge < -0.3 is 15.4 Å². The highest BCUT2D eigenvalue weighted by molar-refractivity contribution is 5.80. The van der Waals surface area contributed by atoms with E-state index in [1.807, 2.05) is 18.2 Å². The largest absolute Gasteiger partial charge is 0.474 e. The molecule has 2 saturated heterocycles. The number of nitrogen functional groups attached to an aromatic ring is 1. The van der Waals surface area contributed by atoms with E-state index in [4.69, 9.17) is 20.4 Å². The number of nitrogens with two attached hydrogens (primary N) is 1. The van der Waals surface area contributed by atoms with Crippen molar-refractivity contribution in [2.75, 3.05) is 50.0 Å². The Morgan fingerprint density at radius 3 is 2.50 bits per heavy atom. The number of rotatable bonds is 5. The molecule has 1 aromatic carbocycles. The van der Waals surface area contributed by atoms with Crippen LogP contribution in [0.25, 0.3) is 11.0 Å². The Hall–Kier alpha value is -2.08. The maximum atomic E-state index is 6.06. The Bertz CT molecular complexity index is 708. The summed E-state index contributed by atoms with van der Waals surface area (Å²) < 4.78 is 6.06. The van der Waals surface area contributed by atoms with Gasteiger partial charge >= 0.3 is 0 Å². The average molecular weight is 327 g/mol. The van der Waals surface area contributed by atoms with Crippen molar-refractivity contribution in [2.24, 2.45) is 0 Å². The molecule has 2 aliphatic heterocycles. The highest BCUT2D eigenvalue weighted by atomic mass is 16.5. The van der Waals surface area contributed by atoms with Crippen molar-refractivity contribution in [2.45, 2.75) is 25.7 Å². The summed E-state index contributed by atoms with van der Waals surface area (Å²) in [4.78, 5) is 14.3. The van der Waals surface area contributed by atoms with E-state index in [9.17, 15) is 0 Å². The molecule has 1 aromatic heterocycles. The summed E-state index contributed by atoms with van der Waals surface area (Å²) in [6, 6.07) is 5.66. The third-order valence-corrected chi connectivity index (χ3v) is 4.89. The van der Waals surface area contributed by atoms with Crippen LogP contribution in [-0.4, -0.2) is 54.2 Å². The lowest BCUT2D eigenvalue weighted by molar-refractivity contribution is 0.232. The van der Waals surface area contributed by atoms with Crippen molar-refractivity contribution in [1.29, 1.82) is 0 Å². The molecule has 0 radical (unpaired) electrons. The van der Waals surface area contributed by atoms with Gasteiger partial charge in [-0.2, -0.15) is 0 Å². The Morgan fingerprint density at radius 2 is 1.71 bits per heavy atom. The third kappa shape index (κ3) is 3.24. The van der Waals surface area contributed by atoms with Crippen molar-refractivity contribution in [3.63, 3.8) is 0 Å². The van der Waals surface area contributed by atoms with Crippen molar-refractivity contribution in [3.05, 3.63) is 18.2 Å². The standard InChI is InChI=1S/C18H25N5O/c19-14-5-6-15-16(13-14)20-17(23-9-3-4-10-23)18(21-15)24-12-11-22-7-1-2-8-22/h5-6,13H,1-4,7-12,19H2. The number of benzene rings is 1. The van der Waals surface area contributed by atoms with Gasteiger partial charge in [-0.3, -0.25) is 4.90 Å². The molecule has 4 rings (SSSR count). The Kier molecular flexibility index (Phi) is 4.38. The van der Waals surface area contributed by atoms with Crippen LogP contribution in [0.5, 0.6) is 5.88 Å². The predicted octanol–water partition coefficient (Wildman–Crippen LogP) is 2.29. The van der Waals surface area contributed by atoms with Crippen LogP contribution in [0, 0.1) is 0 Å². The number of aromatic nitrogens is 2. The van der Waals surface area contributed by atoms with Crippen LogP contribution in [0.1, 0.15) is 25.7 Å². The average Bonchev–Trinajstić information content (AvgIpc) is 3.28. The second-order valence-electron chi connectivity index (χ2n) is 6.69. The maximum Gasteiger partial charge on any atom is 0.258 e. The van der Waals surface area contributed by atoms with Gasteiger partial charge in [0, 0.05) is 25.3 Å². The summed E-state index contributed by atoms with van der Waals surface area (Å²) in [7, 11) is 0. The summed E-state index contributed by atoms with van der Waals surface area (Å²) in [5.41, 5.74) is 8.29. The van der Waals surface area contributed by atoms with Crippen molar-refractivity contribution >= 4 is 22.5 Å². The lowest BCUT2D eigenvalue weighted by Gasteiger charge is -2.21. The minimum absolute atomic E-state index is 0.661. The molecule has 0 amide bonds. The van der Waals surface area contributed by atoms with Crippen molar-refractivity contribution in [1.82, 2.24) is 14.9 Å². The molecule has 6 heteroatoms. The van der Waals surface area contributed by atoms with Crippen LogP contribution in [0.4, 0.5) is 11.5 Å². The van der Waals surface area contributed by atoms with E-state index in [0.29, 0.717) is 18.2 Å². The van der Waals surface area contributed by atoms with E-state index in [1.165, 1.54) is 38.8 Å². The number of ether oxygens (including phenoxy) is 1. The second kappa shape index (κ2) is 6.81. The summed E-state index contributed by atoms with van der Waals surface area (Å²) >= 11 is 0. The van der Waals surface area contributed by atoms with Crippen molar-refractivity contribution < 1.29 is 4.74 Å². The first-order chi connectivity index (χ1) is 11.8. The van der Waals surface area contributed by atoms with Crippen LogP contribution in [0.3, 0.4) is 0 Å². The molecule has 0 bridgehead atoms. The van der Waals surface area contributed by atoms with E-state index >= 15 is 0 Å². The first kappa shape index (κ1) is 15.4. The minimum atomic E-state index is 0.661. The van der Waals surface area contributed by atoms with E-state index in [-0.39, 0.29) is 0 Å². The third-order valence-electron chi connectivity index (χ3n) is 4.89. The molecule has 6 nitrogen and oxygen atoms in total. The molecule has 2 aliphatic rings. The van der Waals surface area contributed by atoms with Gasteiger partial charge in [-0.25, -0.2) is 9.97 Å². The van der Waals surface area contributed by atoms with Crippen LogP contribution in [0.15, 0.2) is 18.2 Å². The molecular weight excluding hydrogens is 302 g/mol. The molecule has 128 valence electrons. The molecule has 0 aliphatic carbocycles. The predicted molar refractivity (Wildman–Crippen MR) is 96.6 cm³/mol. The number of hydrogen-bond acceptors (Lipinski definition) is 6. The molecule has 2 N–H and O–H groups in total. The second-order valence-corrected chi connectivity index (χ2v) is 6.69. The Morgan fingerprint density at radius 1 is 0.958 bits per heavy atom. The van der Waals surface area contributed by atoms with E-state index in [0.717, 1.165) is 36.5 Å². The topological polar surface area (TPSA) is 67.5 Å². The highest BCUT2D eigenvalue weighted by Crippen LogP contribution is 2.30. The SMILES string of the molecule is Nc1ccc2nc(OCCN3CCCC3)c(N3CCCC3)nc2c1. The Balaban J connectivity index is 1.58. The fourth-order valence-corrected chi connectivity index (χ4v) is 3.56. The first-order valence-electron chi connectivity index (χ1n) is 8.97. The zero-order valence-electron chi connectivity index (χ0n) is 14.1. The number of hydrogen-bond donors (Lipinski definition) is 1. The van der Waals surface area contributed by atoms with Gasteiger partial charge in [-0.1, -0.05) is 0 Å². The van der Waals surface area contributed by atoms with Crippen LogP contribution >= 0.6 is 0 Å². The van der Waals surface area contributed by atoms with Crippen LogP contribution in [-0.2, 0) is 0 Å². The van der Waals surface area contributed by atoms with Gasteiger partial charge in [0.15, 0.2) is 5.82 Å². The molecule has 2 aromatic rings. The number of fused-ring (bicyclic) bond motifs is 1. The molecule has 2 fully saturated rings. The van der Waals surface area contributed by atoms with E-state index < -0.39 is 0 Å². The minimum Gasteiger partial charge on any atom is -0.474 e. The maximum absolute atomic E-state index is 6.06. The van der Waals surface area contributed by atoms with Gasteiger partial charge in [0.1, 0.15) is 6.61 Å². The first-order valence-corrected chi connectivity index (χ1v) is 8.97. The molecule has 24 heavy (non-hydrogen) atoms. The van der Waals surface area contributed by atoms with Crippen molar-refractivity contribution in [3.8, 4) is 5.88 Å². The fraction of sp³-hybridized carbons (Fsp3) is 0.556. The number of nitrogens with zero attached hydrogens (tertiary/aromatic N) is 4. The van der Waals surface area contributed by atoms with Gasteiger partial charge in [0.2, 0.25) is 0 Å². The molecule has 0 unspecified atom stereocenters. The van der Waals surface area contributed by atoms with Gasteiger partial charge in [0.25, 0.3) is 5.88 Å². The molecule has 0 atom stereocenters. The lowest BCUT2D eigenvalue weighted by atomic mass is 10.2. The van der Waals surface area contributed by atoms with Gasteiger partial charge in [-0.15, -0.1) is 0 Å². The molecule has 3 heterocycles. The van der Waals surface area contributed by atoms with Gasteiger partial charge in [-0.05, 0) is 57.0 Å². The van der Waals surface area contributed by atoms with E-state index in [1.54, 1.807) is 0 Å². The van der Waals surface area contributed by atoms with Gasteiger partial charge in [0.05, 0.1) is 11.0 Å².